The lowest BCUT2D eigenvalue weighted by Crippen LogP contribution is -2.48. The lowest BCUT2D eigenvalue weighted by Gasteiger charge is -2.40. The predicted molar refractivity (Wildman–Crippen MR) is 107 cm³/mol. The minimum Gasteiger partial charge on any atom is -0.341 e. The third kappa shape index (κ3) is 4.12. The molecule has 5 heteroatoms. The Labute approximate surface area is 161 Å². The molecule has 4 rings (SSSR count). The van der Waals surface area contributed by atoms with E-state index in [-0.39, 0.29) is 5.91 Å². The highest BCUT2D eigenvalue weighted by Gasteiger charge is 2.34. The van der Waals surface area contributed by atoms with Crippen molar-refractivity contribution in [1.29, 1.82) is 0 Å². The van der Waals surface area contributed by atoms with E-state index in [0.717, 1.165) is 56.8 Å². The minimum atomic E-state index is 0.205. The van der Waals surface area contributed by atoms with Gasteiger partial charge in [-0.2, -0.15) is 0 Å². The fourth-order valence-corrected chi connectivity index (χ4v) is 4.56. The van der Waals surface area contributed by atoms with E-state index in [9.17, 15) is 4.79 Å². The van der Waals surface area contributed by atoms with Gasteiger partial charge < -0.3 is 9.80 Å². The van der Waals surface area contributed by atoms with E-state index in [4.69, 9.17) is 0 Å². The fourth-order valence-electron chi connectivity index (χ4n) is 4.56. The second-order valence-electron chi connectivity index (χ2n) is 7.65. The summed E-state index contributed by atoms with van der Waals surface area (Å²) in [5, 5.41) is 0. The molecule has 2 aliphatic heterocycles. The largest absolute Gasteiger partial charge is 0.341 e. The van der Waals surface area contributed by atoms with Gasteiger partial charge in [0.15, 0.2) is 0 Å². The van der Waals surface area contributed by atoms with Crippen molar-refractivity contribution < 1.29 is 4.79 Å². The Hall–Kier alpha value is -2.43. The van der Waals surface area contributed by atoms with Gasteiger partial charge in [0.1, 0.15) is 0 Å². The van der Waals surface area contributed by atoms with Crippen LogP contribution in [0.3, 0.4) is 0 Å². The maximum Gasteiger partial charge on any atom is 0.254 e. The van der Waals surface area contributed by atoms with Crippen LogP contribution in [0.4, 0.5) is 5.95 Å². The van der Waals surface area contributed by atoms with Gasteiger partial charge in [-0.15, -0.1) is 0 Å². The topological polar surface area (TPSA) is 49.3 Å². The molecule has 0 spiro atoms. The highest BCUT2D eigenvalue weighted by molar-refractivity contribution is 5.94. The Kier molecular flexibility index (Phi) is 5.66. The zero-order chi connectivity index (χ0) is 18.5. The van der Waals surface area contributed by atoms with Crippen LogP contribution in [0.5, 0.6) is 0 Å². The minimum absolute atomic E-state index is 0.205. The molecule has 5 nitrogen and oxygen atoms in total. The Morgan fingerprint density at radius 3 is 2.33 bits per heavy atom. The SMILES string of the molecule is O=C(c1ccccc1)N1CCCCCC1C1CCN(c2ncccn2)CC1. The van der Waals surface area contributed by atoms with Crippen molar-refractivity contribution in [2.45, 2.75) is 44.6 Å². The number of likely N-dealkylation sites (tertiary alicyclic amines) is 1. The van der Waals surface area contributed by atoms with E-state index in [1.807, 2.05) is 36.4 Å². The van der Waals surface area contributed by atoms with Gasteiger partial charge in [-0.1, -0.05) is 31.0 Å². The van der Waals surface area contributed by atoms with Gasteiger partial charge in [0.25, 0.3) is 5.91 Å². The van der Waals surface area contributed by atoms with Gasteiger partial charge >= 0.3 is 0 Å². The molecular formula is C22H28N4O. The number of nitrogens with zero attached hydrogens (tertiary/aromatic N) is 4. The third-order valence-electron chi connectivity index (χ3n) is 6.00. The number of piperidine rings is 1. The Morgan fingerprint density at radius 1 is 0.852 bits per heavy atom. The summed E-state index contributed by atoms with van der Waals surface area (Å²) in [6, 6.07) is 12.0. The molecule has 1 atom stereocenters. The lowest BCUT2D eigenvalue weighted by atomic mass is 9.86. The normalized spacial score (nSPS) is 21.7. The van der Waals surface area contributed by atoms with Crippen molar-refractivity contribution in [2.24, 2.45) is 5.92 Å². The molecule has 1 aromatic carbocycles. The second kappa shape index (κ2) is 8.51. The Morgan fingerprint density at radius 2 is 1.59 bits per heavy atom. The van der Waals surface area contributed by atoms with Gasteiger partial charge in [0, 0.05) is 43.6 Å². The van der Waals surface area contributed by atoms with Crippen LogP contribution in [-0.2, 0) is 0 Å². The zero-order valence-corrected chi connectivity index (χ0v) is 15.8. The quantitative estimate of drug-likeness (QED) is 0.832. The molecule has 3 heterocycles. The van der Waals surface area contributed by atoms with E-state index >= 15 is 0 Å². The first-order valence-electron chi connectivity index (χ1n) is 10.2. The van der Waals surface area contributed by atoms with Crippen LogP contribution in [0, 0.1) is 5.92 Å². The smallest absolute Gasteiger partial charge is 0.254 e. The van der Waals surface area contributed by atoms with Crippen LogP contribution in [0.25, 0.3) is 0 Å². The fraction of sp³-hybridized carbons (Fsp3) is 0.500. The molecule has 0 radical (unpaired) electrons. The highest BCUT2D eigenvalue weighted by Crippen LogP contribution is 2.31. The third-order valence-corrected chi connectivity index (χ3v) is 6.00. The summed E-state index contributed by atoms with van der Waals surface area (Å²) in [6.45, 7) is 2.83. The summed E-state index contributed by atoms with van der Waals surface area (Å²) in [7, 11) is 0. The number of hydrogen-bond acceptors (Lipinski definition) is 4. The van der Waals surface area contributed by atoms with Crippen LogP contribution in [-0.4, -0.2) is 46.5 Å². The number of carbonyl (C=O) groups excluding carboxylic acids is 1. The Bertz CT molecular complexity index is 728. The molecule has 2 aliphatic rings. The summed E-state index contributed by atoms with van der Waals surface area (Å²) >= 11 is 0. The molecule has 2 fully saturated rings. The molecule has 0 aliphatic carbocycles. The zero-order valence-electron chi connectivity index (χ0n) is 15.8. The number of carbonyl (C=O) groups is 1. The van der Waals surface area contributed by atoms with E-state index in [1.54, 1.807) is 12.4 Å². The van der Waals surface area contributed by atoms with Gasteiger partial charge in [0.05, 0.1) is 0 Å². The van der Waals surface area contributed by atoms with Crippen LogP contribution >= 0.6 is 0 Å². The summed E-state index contributed by atoms with van der Waals surface area (Å²) in [4.78, 5) is 26.4. The molecule has 1 amide bonds. The van der Waals surface area contributed by atoms with Crippen molar-refractivity contribution >= 4 is 11.9 Å². The predicted octanol–water partition coefficient (Wildman–Crippen LogP) is 3.78. The van der Waals surface area contributed by atoms with Crippen LogP contribution in [0.2, 0.25) is 0 Å². The first kappa shape index (κ1) is 18.0. The number of aromatic nitrogens is 2. The van der Waals surface area contributed by atoms with E-state index in [2.05, 4.69) is 19.8 Å². The average molecular weight is 364 g/mol. The first-order chi connectivity index (χ1) is 13.3. The van der Waals surface area contributed by atoms with Crippen LogP contribution < -0.4 is 4.90 Å². The first-order valence-corrected chi connectivity index (χ1v) is 10.2. The van der Waals surface area contributed by atoms with Gasteiger partial charge in [-0.25, -0.2) is 9.97 Å². The van der Waals surface area contributed by atoms with E-state index < -0.39 is 0 Å². The average Bonchev–Trinajstić information content (AvgIpc) is 3.01. The van der Waals surface area contributed by atoms with Crippen molar-refractivity contribution in [2.75, 3.05) is 24.5 Å². The molecule has 2 aromatic rings. The number of anilines is 1. The Balaban J connectivity index is 1.46. The van der Waals surface area contributed by atoms with Crippen molar-refractivity contribution in [3.05, 3.63) is 54.4 Å². The van der Waals surface area contributed by atoms with Gasteiger partial charge in [-0.05, 0) is 49.8 Å². The van der Waals surface area contributed by atoms with Crippen molar-refractivity contribution in [3.63, 3.8) is 0 Å². The summed E-state index contributed by atoms with van der Waals surface area (Å²) in [6.07, 6.45) is 10.5. The van der Waals surface area contributed by atoms with E-state index in [1.165, 1.54) is 12.8 Å². The molecule has 2 saturated heterocycles. The molecule has 142 valence electrons. The molecular weight excluding hydrogens is 336 g/mol. The number of hydrogen-bond donors (Lipinski definition) is 0. The standard InChI is InChI=1S/C22H28N4O/c27-21(19-8-3-1-4-9-19)26-15-6-2-5-10-20(26)18-11-16-25(17-12-18)22-23-13-7-14-24-22/h1,3-4,7-9,13-14,18,20H,2,5-6,10-12,15-17H2. The van der Waals surface area contributed by atoms with E-state index in [0.29, 0.717) is 12.0 Å². The maximum atomic E-state index is 13.2. The lowest BCUT2D eigenvalue weighted by molar-refractivity contribution is 0.0588. The number of rotatable bonds is 3. The highest BCUT2D eigenvalue weighted by atomic mass is 16.2. The van der Waals surface area contributed by atoms with Crippen LogP contribution in [0.1, 0.15) is 48.9 Å². The summed E-state index contributed by atoms with van der Waals surface area (Å²) in [5.41, 5.74) is 0.819. The summed E-state index contributed by atoms with van der Waals surface area (Å²) in [5.74, 6) is 1.60. The number of benzene rings is 1. The maximum absolute atomic E-state index is 13.2. The number of amides is 1. The molecule has 0 bridgehead atoms. The second-order valence-corrected chi connectivity index (χ2v) is 7.65. The van der Waals surface area contributed by atoms with Crippen molar-refractivity contribution in [3.8, 4) is 0 Å². The molecule has 1 aromatic heterocycles. The molecule has 1 unspecified atom stereocenters. The molecule has 0 saturated carbocycles. The summed E-state index contributed by atoms with van der Waals surface area (Å²) < 4.78 is 0. The van der Waals surface area contributed by atoms with Gasteiger partial charge in [-0.3, -0.25) is 4.79 Å². The monoisotopic (exact) mass is 364 g/mol. The molecule has 0 N–H and O–H groups in total. The molecule has 27 heavy (non-hydrogen) atoms. The van der Waals surface area contributed by atoms with Gasteiger partial charge in [0.2, 0.25) is 5.95 Å². The van der Waals surface area contributed by atoms with Crippen LogP contribution in [0.15, 0.2) is 48.8 Å². The van der Waals surface area contributed by atoms with Crippen molar-refractivity contribution in [1.82, 2.24) is 14.9 Å².